The Labute approximate surface area is 127 Å². The maximum Gasteiger partial charge on any atom is 0.410 e. The predicted octanol–water partition coefficient (Wildman–Crippen LogP) is 3.52. The molecule has 1 heterocycles. The summed E-state index contributed by atoms with van der Waals surface area (Å²) in [6.07, 6.45) is 1.73. The van der Waals surface area contributed by atoms with Gasteiger partial charge in [-0.25, -0.2) is 4.79 Å². The minimum Gasteiger partial charge on any atom is -0.481 e. The van der Waals surface area contributed by atoms with Crippen LogP contribution < -0.4 is 0 Å². The van der Waals surface area contributed by atoms with Crippen molar-refractivity contribution < 1.29 is 19.4 Å². The SMILES string of the molecule is CCC(C(=O)O)C1CCC(C)(C)CN1C(=O)OC(C)(C)C. The van der Waals surface area contributed by atoms with Crippen molar-refractivity contribution >= 4 is 12.1 Å². The number of carbonyl (C=O) groups is 2. The van der Waals surface area contributed by atoms with E-state index in [1.807, 2.05) is 27.7 Å². The maximum absolute atomic E-state index is 12.5. The largest absolute Gasteiger partial charge is 0.481 e. The minimum absolute atomic E-state index is 0.00972. The molecule has 2 unspecified atom stereocenters. The fourth-order valence-electron chi connectivity index (χ4n) is 2.90. The van der Waals surface area contributed by atoms with Crippen LogP contribution in [0, 0.1) is 11.3 Å². The Morgan fingerprint density at radius 2 is 1.95 bits per heavy atom. The van der Waals surface area contributed by atoms with Gasteiger partial charge in [0.1, 0.15) is 5.60 Å². The highest BCUT2D eigenvalue weighted by molar-refractivity contribution is 5.74. The molecule has 1 saturated heterocycles. The van der Waals surface area contributed by atoms with Crippen LogP contribution in [0.1, 0.15) is 60.8 Å². The lowest BCUT2D eigenvalue weighted by Crippen LogP contribution is -2.55. The molecule has 1 rings (SSSR count). The van der Waals surface area contributed by atoms with Crippen molar-refractivity contribution in [3.05, 3.63) is 0 Å². The number of aliphatic carboxylic acids is 1. The van der Waals surface area contributed by atoms with Crippen LogP contribution >= 0.6 is 0 Å². The molecule has 1 amide bonds. The molecule has 122 valence electrons. The molecular formula is C16H29NO4. The molecule has 21 heavy (non-hydrogen) atoms. The summed E-state index contributed by atoms with van der Waals surface area (Å²) in [7, 11) is 0. The zero-order valence-electron chi connectivity index (χ0n) is 14.1. The van der Waals surface area contributed by atoms with Gasteiger partial charge in [-0.1, -0.05) is 20.8 Å². The first kappa shape index (κ1) is 17.8. The molecule has 2 atom stereocenters. The van der Waals surface area contributed by atoms with Crippen LogP contribution in [-0.2, 0) is 9.53 Å². The van der Waals surface area contributed by atoms with Gasteiger partial charge in [0, 0.05) is 12.6 Å². The van der Waals surface area contributed by atoms with E-state index < -0.39 is 23.6 Å². The number of piperidine rings is 1. The van der Waals surface area contributed by atoms with Crippen molar-refractivity contribution in [2.45, 2.75) is 72.4 Å². The number of carbonyl (C=O) groups excluding carboxylic acids is 1. The number of carboxylic acid groups (broad SMARTS) is 1. The Morgan fingerprint density at radius 3 is 2.38 bits per heavy atom. The van der Waals surface area contributed by atoms with Crippen molar-refractivity contribution in [2.75, 3.05) is 6.54 Å². The zero-order valence-corrected chi connectivity index (χ0v) is 14.1. The average Bonchev–Trinajstić information content (AvgIpc) is 2.28. The summed E-state index contributed by atoms with van der Waals surface area (Å²) in [6, 6.07) is -0.282. The lowest BCUT2D eigenvalue weighted by Gasteiger charge is -2.45. The van der Waals surface area contributed by atoms with Gasteiger partial charge in [-0.05, 0) is 45.4 Å². The first-order valence-corrected chi connectivity index (χ1v) is 7.69. The van der Waals surface area contributed by atoms with Crippen LogP contribution in [0.25, 0.3) is 0 Å². The third-order valence-corrected chi connectivity index (χ3v) is 3.97. The summed E-state index contributed by atoms with van der Waals surface area (Å²) in [5, 5.41) is 9.41. The number of likely N-dealkylation sites (tertiary alicyclic amines) is 1. The van der Waals surface area contributed by atoms with Gasteiger partial charge < -0.3 is 14.7 Å². The van der Waals surface area contributed by atoms with Crippen LogP contribution in [0.3, 0.4) is 0 Å². The third-order valence-electron chi connectivity index (χ3n) is 3.97. The highest BCUT2D eigenvalue weighted by Crippen LogP contribution is 2.36. The second-order valence-corrected chi connectivity index (χ2v) is 7.73. The molecule has 1 aliphatic rings. The van der Waals surface area contributed by atoms with E-state index in [0.29, 0.717) is 19.4 Å². The Kier molecular flexibility index (Phi) is 5.29. The van der Waals surface area contributed by atoms with Gasteiger partial charge in [-0.15, -0.1) is 0 Å². The Balaban J connectivity index is 2.99. The molecule has 0 spiro atoms. The van der Waals surface area contributed by atoms with E-state index in [0.717, 1.165) is 6.42 Å². The Hall–Kier alpha value is -1.26. The molecule has 0 aromatic heterocycles. The number of hydrogen-bond donors (Lipinski definition) is 1. The van der Waals surface area contributed by atoms with Crippen molar-refractivity contribution in [2.24, 2.45) is 11.3 Å². The van der Waals surface area contributed by atoms with Crippen LogP contribution in [0.5, 0.6) is 0 Å². The molecule has 0 aliphatic carbocycles. The summed E-state index contributed by atoms with van der Waals surface area (Å²) in [5.41, 5.74) is -0.585. The minimum atomic E-state index is -0.837. The molecule has 5 nitrogen and oxygen atoms in total. The molecule has 0 radical (unpaired) electrons. The second-order valence-electron chi connectivity index (χ2n) is 7.73. The quantitative estimate of drug-likeness (QED) is 0.865. The number of ether oxygens (including phenoxy) is 1. The van der Waals surface area contributed by atoms with Crippen molar-refractivity contribution in [3.63, 3.8) is 0 Å². The van der Waals surface area contributed by atoms with Gasteiger partial charge in [0.05, 0.1) is 5.92 Å². The highest BCUT2D eigenvalue weighted by atomic mass is 16.6. The number of nitrogens with zero attached hydrogens (tertiary/aromatic N) is 1. The van der Waals surface area contributed by atoms with Gasteiger partial charge in [0.15, 0.2) is 0 Å². The number of rotatable bonds is 3. The van der Waals surface area contributed by atoms with Gasteiger partial charge in [0.2, 0.25) is 0 Å². The van der Waals surface area contributed by atoms with Gasteiger partial charge in [-0.3, -0.25) is 4.79 Å². The second kappa shape index (κ2) is 6.24. The monoisotopic (exact) mass is 299 g/mol. The Bertz CT molecular complexity index is 398. The summed E-state index contributed by atoms with van der Waals surface area (Å²) in [4.78, 5) is 25.6. The summed E-state index contributed by atoms with van der Waals surface area (Å²) in [6.45, 7) is 12.1. The van der Waals surface area contributed by atoms with Gasteiger partial charge in [-0.2, -0.15) is 0 Å². The van der Waals surface area contributed by atoms with E-state index in [4.69, 9.17) is 4.74 Å². The lowest BCUT2D eigenvalue weighted by atomic mass is 9.77. The standard InChI is InChI=1S/C16H29NO4/c1-7-11(13(18)19)12-8-9-16(5,6)10-17(12)14(20)21-15(2,3)4/h11-12H,7-10H2,1-6H3,(H,18,19). The topological polar surface area (TPSA) is 66.8 Å². The normalized spacial score (nSPS) is 23.5. The molecule has 0 aromatic carbocycles. The molecule has 1 N–H and O–H groups in total. The highest BCUT2D eigenvalue weighted by Gasteiger charge is 2.42. The van der Waals surface area contributed by atoms with Crippen LogP contribution in [0.2, 0.25) is 0 Å². The number of hydrogen-bond acceptors (Lipinski definition) is 3. The maximum atomic E-state index is 12.5. The molecule has 0 saturated carbocycles. The molecule has 1 aliphatic heterocycles. The summed E-state index contributed by atoms with van der Waals surface area (Å²) in [5.74, 6) is -1.37. The fourth-order valence-corrected chi connectivity index (χ4v) is 2.90. The van der Waals surface area contributed by atoms with Gasteiger partial charge >= 0.3 is 12.1 Å². The fraction of sp³-hybridized carbons (Fsp3) is 0.875. The van der Waals surface area contributed by atoms with E-state index in [-0.39, 0.29) is 11.5 Å². The molecule has 5 heteroatoms. The summed E-state index contributed by atoms with van der Waals surface area (Å²) < 4.78 is 5.47. The number of amides is 1. The van der Waals surface area contributed by atoms with Crippen molar-refractivity contribution in [1.29, 1.82) is 0 Å². The van der Waals surface area contributed by atoms with Crippen LogP contribution in [0.4, 0.5) is 4.79 Å². The van der Waals surface area contributed by atoms with Crippen LogP contribution in [-0.4, -0.2) is 40.3 Å². The first-order valence-electron chi connectivity index (χ1n) is 7.69. The van der Waals surface area contributed by atoms with E-state index in [1.165, 1.54) is 0 Å². The van der Waals surface area contributed by atoms with E-state index in [9.17, 15) is 14.7 Å². The van der Waals surface area contributed by atoms with Crippen LogP contribution in [0.15, 0.2) is 0 Å². The first-order chi connectivity index (χ1) is 9.47. The molecule has 0 aromatic rings. The van der Waals surface area contributed by atoms with E-state index in [2.05, 4.69) is 13.8 Å². The molecule has 1 fully saturated rings. The van der Waals surface area contributed by atoms with E-state index in [1.54, 1.807) is 4.90 Å². The van der Waals surface area contributed by atoms with E-state index >= 15 is 0 Å². The Morgan fingerprint density at radius 1 is 1.38 bits per heavy atom. The zero-order chi connectivity index (χ0) is 16.4. The average molecular weight is 299 g/mol. The van der Waals surface area contributed by atoms with Gasteiger partial charge in [0.25, 0.3) is 0 Å². The molecular weight excluding hydrogens is 270 g/mol. The third kappa shape index (κ3) is 4.90. The van der Waals surface area contributed by atoms with Crippen molar-refractivity contribution in [1.82, 2.24) is 4.90 Å². The summed E-state index contributed by atoms with van der Waals surface area (Å²) >= 11 is 0. The molecule has 0 bridgehead atoms. The lowest BCUT2D eigenvalue weighted by molar-refractivity contribution is -0.145. The van der Waals surface area contributed by atoms with Crippen molar-refractivity contribution in [3.8, 4) is 0 Å². The number of carboxylic acids is 1. The predicted molar refractivity (Wildman–Crippen MR) is 81.2 cm³/mol. The smallest absolute Gasteiger partial charge is 0.410 e.